The molecule has 0 saturated carbocycles. The summed E-state index contributed by atoms with van der Waals surface area (Å²) in [4.78, 5) is 11.8. The van der Waals surface area contributed by atoms with Crippen molar-refractivity contribution in [1.29, 1.82) is 0 Å². The Kier molecular flexibility index (Phi) is 5.83. The van der Waals surface area contributed by atoms with Gasteiger partial charge in [-0.1, -0.05) is 67.6 Å². The molecule has 3 heteroatoms. The summed E-state index contributed by atoms with van der Waals surface area (Å²) >= 11 is 0. The van der Waals surface area contributed by atoms with Crippen LogP contribution in [-0.2, 0) is 17.8 Å². The molecule has 3 nitrogen and oxygen atoms in total. The summed E-state index contributed by atoms with van der Waals surface area (Å²) in [6.07, 6.45) is 1.33. The van der Waals surface area contributed by atoms with Gasteiger partial charge in [0.15, 0.2) is 0 Å². The van der Waals surface area contributed by atoms with Gasteiger partial charge in [-0.15, -0.1) is 0 Å². The Balaban J connectivity index is 1.80. The van der Waals surface area contributed by atoms with Crippen LogP contribution in [-0.4, -0.2) is 12.1 Å². The van der Waals surface area contributed by atoms with Gasteiger partial charge < -0.3 is 10.1 Å². The number of nitrogens with one attached hydrogen (secondary N) is 1. The van der Waals surface area contributed by atoms with Crippen LogP contribution in [0, 0.1) is 0 Å². The minimum absolute atomic E-state index is 0.0932. The molecular formula is C18H21NO2. The van der Waals surface area contributed by atoms with E-state index in [0.29, 0.717) is 6.61 Å². The minimum Gasteiger partial charge on any atom is -0.445 e. The molecule has 0 fully saturated rings. The second-order valence-electron chi connectivity index (χ2n) is 5.00. The summed E-state index contributed by atoms with van der Waals surface area (Å²) in [6.45, 7) is 2.36. The first-order valence-electron chi connectivity index (χ1n) is 7.29. The van der Waals surface area contributed by atoms with Crippen molar-refractivity contribution in [2.75, 3.05) is 0 Å². The van der Waals surface area contributed by atoms with E-state index in [2.05, 4.69) is 24.4 Å². The third-order valence-corrected chi connectivity index (χ3v) is 3.35. The highest BCUT2D eigenvalue weighted by molar-refractivity contribution is 5.67. The summed E-state index contributed by atoms with van der Waals surface area (Å²) in [6, 6.07) is 19.9. The monoisotopic (exact) mass is 283 g/mol. The zero-order valence-electron chi connectivity index (χ0n) is 12.3. The van der Waals surface area contributed by atoms with E-state index in [0.717, 1.165) is 18.4 Å². The smallest absolute Gasteiger partial charge is 0.407 e. The zero-order valence-corrected chi connectivity index (χ0v) is 12.3. The van der Waals surface area contributed by atoms with E-state index in [4.69, 9.17) is 4.74 Å². The number of rotatable bonds is 6. The molecule has 0 spiro atoms. The molecule has 0 aromatic heterocycles. The Morgan fingerprint density at radius 3 is 2.14 bits per heavy atom. The molecule has 0 aliphatic rings. The van der Waals surface area contributed by atoms with E-state index >= 15 is 0 Å². The van der Waals surface area contributed by atoms with E-state index in [-0.39, 0.29) is 12.1 Å². The van der Waals surface area contributed by atoms with Crippen LogP contribution in [0.25, 0.3) is 0 Å². The van der Waals surface area contributed by atoms with Crippen molar-refractivity contribution < 1.29 is 9.53 Å². The molecule has 0 bridgehead atoms. The number of amides is 1. The van der Waals surface area contributed by atoms with Crippen molar-refractivity contribution in [3.63, 3.8) is 0 Å². The molecule has 0 aliphatic carbocycles. The van der Waals surface area contributed by atoms with Gasteiger partial charge in [-0.25, -0.2) is 4.79 Å². The fourth-order valence-corrected chi connectivity index (χ4v) is 2.13. The van der Waals surface area contributed by atoms with E-state index in [1.807, 2.05) is 48.5 Å². The number of carbonyl (C=O) groups is 1. The summed E-state index contributed by atoms with van der Waals surface area (Å²) in [5.74, 6) is 0. The van der Waals surface area contributed by atoms with Gasteiger partial charge in [0.2, 0.25) is 0 Å². The minimum atomic E-state index is -0.360. The van der Waals surface area contributed by atoms with Crippen molar-refractivity contribution in [3.05, 3.63) is 71.8 Å². The number of hydrogen-bond acceptors (Lipinski definition) is 2. The standard InChI is InChI=1S/C18H21NO2/c1-2-17(13-15-9-5-3-6-10-15)19-18(20)21-14-16-11-7-4-8-12-16/h3-12,17H,2,13-14H2,1H3,(H,19,20)/t17-/m0/s1. The lowest BCUT2D eigenvalue weighted by Crippen LogP contribution is -2.36. The molecule has 0 radical (unpaired) electrons. The van der Waals surface area contributed by atoms with Gasteiger partial charge in [0.1, 0.15) is 6.61 Å². The highest BCUT2D eigenvalue weighted by Crippen LogP contribution is 2.06. The van der Waals surface area contributed by atoms with E-state index < -0.39 is 0 Å². The molecule has 0 heterocycles. The second-order valence-corrected chi connectivity index (χ2v) is 5.00. The molecule has 1 N–H and O–H groups in total. The largest absolute Gasteiger partial charge is 0.445 e. The Bertz CT molecular complexity index is 540. The highest BCUT2D eigenvalue weighted by atomic mass is 16.5. The van der Waals surface area contributed by atoms with Crippen molar-refractivity contribution in [1.82, 2.24) is 5.32 Å². The maximum absolute atomic E-state index is 11.8. The first-order chi connectivity index (χ1) is 10.3. The van der Waals surface area contributed by atoms with Gasteiger partial charge in [0.05, 0.1) is 0 Å². The predicted octanol–water partition coefficient (Wildman–Crippen LogP) is 3.93. The van der Waals surface area contributed by atoms with Crippen molar-refractivity contribution >= 4 is 6.09 Å². The summed E-state index contributed by atoms with van der Waals surface area (Å²) in [5.41, 5.74) is 2.21. The molecule has 0 saturated heterocycles. The van der Waals surface area contributed by atoms with E-state index in [9.17, 15) is 4.79 Å². The number of benzene rings is 2. The first-order valence-corrected chi connectivity index (χ1v) is 7.29. The molecule has 2 rings (SSSR count). The Morgan fingerprint density at radius 1 is 1.00 bits per heavy atom. The SMILES string of the molecule is CC[C@@H](Cc1ccccc1)NC(=O)OCc1ccccc1. The molecule has 1 amide bonds. The number of alkyl carbamates (subject to hydrolysis) is 1. The van der Waals surface area contributed by atoms with Crippen LogP contribution in [0.5, 0.6) is 0 Å². The molecule has 21 heavy (non-hydrogen) atoms. The fraction of sp³-hybridized carbons (Fsp3) is 0.278. The average molecular weight is 283 g/mol. The maximum Gasteiger partial charge on any atom is 0.407 e. The molecular weight excluding hydrogens is 262 g/mol. The number of carbonyl (C=O) groups excluding carboxylic acids is 1. The molecule has 0 aliphatic heterocycles. The third kappa shape index (κ3) is 5.30. The first kappa shape index (κ1) is 15.1. The summed E-state index contributed by atoms with van der Waals surface area (Å²) in [7, 11) is 0. The van der Waals surface area contributed by atoms with Crippen LogP contribution in [0.1, 0.15) is 24.5 Å². The molecule has 2 aromatic carbocycles. The van der Waals surface area contributed by atoms with Crippen LogP contribution in [0.15, 0.2) is 60.7 Å². The Morgan fingerprint density at radius 2 is 1.57 bits per heavy atom. The van der Waals surface area contributed by atoms with Gasteiger partial charge in [0, 0.05) is 6.04 Å². The van der Waals surface area contributed by atoms with Gasteiger partial charge in [0.25, 0.3) is 0 Å². The van der Waals surface area contributed by atoms with Crippen LogP contribution in [0.4, 0.5) is 4.79 Å². The lowest BCUT2D eigenvalue weighted by molar-refractivity contribution is 0.135. The molecule has 0 unspecified atom stereocenters. The quantitative estimate of drug-likeness (QED) is 0.872. The lowest BCUT2D eigenvalue weighted by atomic mass is 10.0. The topological polar surface area (TPSA) is 38.3 Å². The van der Waals surface area contributed by atoms with Crippen molar-refractivity contribution in [2.24, 2.45) is 0 Å². The van der Waals surface area contributed by atoms with E-state index in [1.54, 1.807) is 0 Å². The lowest BCUT2D eigenvalue weighted by Gasteiger charge is -2.17. The summed E-state index contributed by atoms with van der Waals surface area (Å²) in [5, 5.41) is 2.92. The van der Waals surface area contributed by atoms with Gasteiger partial charge in [-0.05, 0) is 24.0 Å². The van der Waals surface area contributed by atoms with Crippen LogP contribution in [0.2, 0.25) is 0 Å². The van der Waals surface area contributed by atoms with Crippen molar-refractivity contribution in [3.8, 4) is 0 Å². The second kappa shape index (κ2) is 8.10. The summed E-state index contributed by atoms with van der Waals surface area (Å²) < 4.78 is 5.25. The Hall–Kier alpha value is -2.29. The highest BCUT2D eigenvalue weighted by Gasteiger charge is 2.12. The average Bonchev–Trinajstić information content (AvgIpc) is 2.54. The molecule has 110 valence electrons. The normalized spacial score (nSPS) is 11.7. The van der Waals surface area contributed by atoms with E-state index in [1.165, 1.54) is 5.56 Å². The van der Waals surface area contributed by atoms with Gasteiger partial charge in [-0.3, -0.25) is 0 Å². The predicted molar refractivity (Wildman–Crippen MR) is 84.0 cm³/mol. The van der Waals surface area contributed by atoms with Crippen LogP contribution < -0.4 is 5.32 Å². The zero-order chi connectivity index (χ0) is 14.9. The van der Waals surface area contributed by atoms with Crippen LogP contribution >= 0.6 is 0 Å². The van der Waals surface area contributed by atoms with Crippen LogP contribution in [0.3, 0.4) is 0 Å². The molecule has 2 aromatic rings. The van der Waals surface area contributed by atoms with Crippen molar-refractivity contribution in [2.45, 2.75) is 32.4 Å². The third-order valence-electron chi connectivity index (χ3n) is 3.35. The maximum atomic E-state index is 11.8. The Labute approximate surface area is 126 Å². The fourth-order valence-electron chi connectivity index (χ4n) is 2.13. The number of ether oxygens (including phenoxy) is 1. The van der Waals surface area contributed by atoms with Gasteiger partial charge >= 0.3 is 6.09 Å². The molecule has 1 atom stereocenters. The number of hydrogen-bond donors (Lipinski definition) is 1. The van der Waals surface area contributed by atoms with Gasteiger partial charge in [-0.2, -0.15) is 0 Å².